The molecule has 3 N–H and O–H groups in total. The molecule has 1 fully saturated rings. The van der Waals surface area contributed by atoms with Gasteiger partial charge in [0, 0.05) is 18.7 Å². The average molecular weight is 314 g/mol. The Morgan fingerprint density at radius 3 is 2.90 bits per heavy atom. The number of hydrogen-bond donors (Lipinski definition) is 2. The first-order valence-electron chi connectivity index (χ1n) is 6.50. The van der Waals surface area contributed by atoms with Crippen LogP contribution in [0.15, 0.2) is 29.2 Å². The number of thiocarbonyl (C=S) groups is 1. The van der Waals surface area contributed by atoms with E-state index in [1.807, 2.05) is 0 Å². The maximum atomic E-state index is 12.2. The van der Waals surface area contributed by atoms with E-state index in [-0.39, 0.29) is 16.0 Å². The molecular weight excluding hydrogens is 296 g/mol. The second-order valence-electron chi connectivity index (χ2n) is 4.73. The molecule has 0 spiro atoms. The Balaban J connectivity index is 2.05. The highest BCUT2D eigenvalue weighted by Gasteiger charge is 2.19. The summed E-state index contributed by atoms with van der Waals surface area (Å²) >= 11 is 4.85. The zero-order valence-corrected chi connectivity index (χ0v) is 12.7. The standard InChI is InChI=1S/C13H18N2O3S2/c14-13(19)10-4-3-6-12(8-10)20(16,17)15-9-11-5-1-2-7-18-11/h3-4,6,8,11,15H,1-2,5,7,9H2,(H2,14,19). The summed E-state index contributed by atoms with van der Waals surface area (Å²) in [7, 11) is -3.56. The number of rotatable bonds is 5. The Morgan fingerprint density at radius 1 is 1.45 bits per heavy atom. The van der Waals surface area contributed by atoms with Crippen molar-refractivity contribution in [2.24, 2.45) is 5.73 Å². The van der Waals surface area contributed by atoms with E-state index < -0.39 is 10.0 Å². The third-order valence-electron chi connectivity index (χ3n) is 3.20. The zero-order valence-electron chi connectivity index (χ0n) is 11.0. The molecule has 1 aromatic carbocycles. The van der Waals surface area contributed by atoms with Crippen LogP contribution in [0.2, 0.25) is 0 Å². The molecule has 0 aromatic heterocycles. The van der Waals surface area contributed by atoms with Crippen molar-refractivity contribution in [3.05, 3.63) is 29.8 Å². The highest BCUT2D eigenvalue weighted by molar-refractivity contribution is 7.89. The molecule has 0 amide bonds. The van der Waals surface area contributed by atoms with Crippen molar-refractivity contribution in [3.63, 3.8) is 0 Å². The minimum Gasteiger partial charge on any atom is -0.389 e. The summed E-state index contributed by atoms with van der Waals surface area (Å²) in [6, 6.07) is 6.31. The average Bonchev–Trinajstić information content (AvgIpc) is 2.46. The summed E-state index contributed by atoms with van der Waals surface area (Å²) in [5.41, 5.74) is 6.05. The van der Waals surface area contributed by atoms with Crippen LogP contribution in [-0.4, -0.2) is 32.7 Å². The van der Waals surface area contributed by atoms with Crippen molar-refractivity contribution in [1.29, 1.82) is 0 Å². The lowest BCUT2D eigenvalue weighted by atomic mass is 10.1. The first-order chi connectivity index (χ1) is 9.49. The Kier molecular flexibility index (Phi) is 5.09. The molecule has 1 atom stereocenters. The van der Waals surface area contributed by atoms with Gasteiger partial charge in [-0.15, -0.1) is 0 Å². The van der Waals surface area contributed by atoms with Crippen molar-refractivity contribution in [2.45, 2.75) is 30.3 Å². The second-order valence-corrected chi connectivity index (χ2v) is 6.94. The number of ether oxygens (including phenoxy) is 1. The van der Waals surface area contributed by atoms with Gasteiger partial charge in [-0.2, -0.15) is 0 Å². The van der Waals surface area contributed by atoms with Crippen LogP contribution in [0.3, 0.4) is 0 Å². The van der Waals surface area contributed by atoms with Crippen LogP contribution < -0.4 is 10.5 Å². The highest BCUT2D eigenvalue weighted by Crippen LogP contribution is 2.14. The topological polar surface area (TPSA) is 81.4 Å². The Morgan fingerprint density at radius 2 is 2.25 bits per heavy atom. The normalized spacial score (nSPS) is 19.7. The van der Waals surface area contributed by atoms with E-state index >= 15 is 0 Å². The Hall–Kier alpha value is -1.02. The third kappa shape index (κ3) is 3.99. The van der Waals surface area contributed by atoms with Gasteiger partial charge in [0.15, 0.2) is 0 Å². The number of benzene rings is 1. The van der Waals surface area contributed by atoms with Crippen LogP contribution in [0.25, 0.3) is 0 Å². The molecule has 110 valence electrons. The van der Waals surface area contributed by atoms with Crippen LogP contribution in [0.5, 0.6) is 0 Å². The smallest absolute Gasteiger partial charge is 0.240 e. The summed E-state index contributed by atoms with van der Waals surface area (Å²) < 4.78 is 32.5. The van der Waals surface area contributed by atoms with Gasteiger partial charge in [0.25, 0.3) is 0 Å². The van der Waals surface area contributed by atoms with Gasteiger partial charge in [0.1, 0.15) is 4.99 Å². The largest absolute Gasteiger partial charge is 0.389 e. The lowest BCUT2D eigenvalue weighted by molar-refractivity contribution is 0.0200. The molecule has 1 saturated heterocycles. The fraction of sp³-hybridized carbons (Fsp3) is 0.462. The molecule has 1 heterocycles. The fourth-order valence-corrected chi connectivity index (χ4v) is 3.31. The van der Waals surface area contributed by atoms with Crippen LogP contribution in [0, 0.1) is 0 Å². The van der Waals surface area contributed by atoms with E-state index in [0.717, 1.165) is 19.3 Å². The van der Waals surface area contributed by atoms with Gasteiger partial charge in [-0.05, 0) is 31.4 Å². The first-order valence-corrected chi connectivity index (χ1v) is 8.39. The van der Waals surface area contributed by atoms with Crippen LogP contribution in [0.1, 0.15) is 24.8 Å². The van der Waals surface area contributed by atoms with Crippen LogP contribution in [-0.2, 0) is 14.8 Å². The van der Waals surface area contributed by atoms with E-state index in [1.165, 1.54) is 12.1 Å². The number of hydrogen-bond acceptors (Lipinski definition) is 4. The summed E-state index contributed by atoms with van der Waals surface area (Å²) in [5, 5.41) is 0. The van der Waals surface area contributed by atoms with Gasteiger partial charge >= 0.3 is 0 Å². The molecule has 1 unspecified atom stereocenters. The molecule has 7 heteroatoms. The minimum absolute atomic E-state index is 0.0442. The maximum Gasteiger partial charge on any atom is 0.240 e. The van der Waals surface area contributed by atoms with E-state index in [2.05, 4.69) is 4.72 Å². The van der Waals surface area contributed by atoms with Gasteiger partial charge in [-0.1, -0.05) is 24.4 Å². The summed E-state index contributed by atoms with van der Waals surface area (Å²) in [4.78, 5) is 0.344. The van der Waals surface area contributed by atoms with Crippen LogP contribution in [0.4, 0.5) is 0 Å². The molecule has 2 rings (SSSR count). The van der Waals surface area contributed by atoms with E-state index in [1.54, 1.807) is 12.1 Å². The molecule has 1 aliphatic heterocycles. The molecule has 0 aliphatic carbocycles. The van der Waals surface area contributed by atoms with E-state index in [9.17, 15) is 8.42 Å². The lowest BCUT2D eigenvalue weighted by Crippen LogP contribution is -2.35. The molecule has 5 nitrogen and oxygen atoms in total. The van der Waals surface area contributed by atoms with Gasteiger partial charge in [-0.25, -0.2) is 13.1 Å². The number of sulfonamides is 1. The molecule has 0 bridgehead atoms. The molecule has 1 aromatic rings. The van der Waals surface area contributed by atoms with Gasteiger partial charge in [-0.3, -0.25) is 0 Å². The van der Waals surface area contributed by atoms with Crippen molar-refractivity contribution in [1.82, 2.24) is 4.72 Å². The highest BCUT2D eigenvalue weighted by atomic mass is 32.2. The van der Waals surface area contributed by atoms with Crippen molar-refractivity contribution >= 4 is 27.2 Å². The summed E-state index contributed by atoms with van der Waals surface area (Å²) in [6.45, 7) is 0.989. The van der Waals surface area contributed by atoms with Crippen molar-refractivity contribution < 1.29 is 13.2 Å². The van der Waals surface area contributed by atoms with E-state index in [4.69, 9.17) is 22.7 Å². The number of nitrogens with one attached hydrogen (secondary N) is 1. The van der Waals surface area contributed by atoms with Crippen molar-refractivity contribution in [2.75, 3.05) is 13.2 Å². The Bertz CT molecular complexity index is 581. The van der Waals surface area contributed by atoms with E-state index in [0.29, 0.717) is 18.7 Å². The van der Waals surface area contributed by atoms with Crippen molar-refractivity contribution in [3.8, 4) is 0 Å². The SMILES string of the molecule is NC(=S)c1cccc(S(=O)(=O)NCC2CCCCO2)c1. The summed E-state index contributed by atoms with van der Waals surface area (Å²) in [6.07, 6.45) is 2.95. The lowest BCUT2D eigenvalue weighted by Gasteiger charge is -2.22. The van der Waals surface area contributed by atoms with Gasteiger partial charge in [0.05, 0.1) is 11.0 Å². The molecular formula is C13H18N2O3S2. The number of nitrogens with two attached hydrogens (primary N) is 1. The van der Waals surface area contributed by atoms with Gasteiger partial charge < -0.3 is 10.5 Å². The zero-order chi connectivity index (χ0) is 14.6. The molecule has 20 heavy (non-hydrogen) atoms. The summed E-state index contributed by atoms with van der Waals surface area (Å²) in [5.74, 6) is 0. The first kappa shape index (κ1) is 15.4. The Labute approximate surface area is 124 Å². The minimum atomic E-state index is -3.56. The fourth-order valence-electron chi connectivity index (χ4n) is 2.07. The van der Waals surface area contributed by atoms with Gasteiger partial charge in [0.2, 0.25) is 10.0 Å². The monoisotopic (exact) mass is 314 g/mol. The predicted octanol–water partition coefficient (Wildman–Crippen LogP) is 1.17. The second kappa shape index (κ2) is 6.62. The molecule has 0 saturated carbocycles. The molecule has 0 radical (unpaired) electrons. The maximum absolute atomic E-state index is 12.2. The van der Waals surface area contributed by atoms with Crippen LogP contribution >= 0.6 is 12.2 Å². The predicted molar refractivity (Wildman–Crippen MR) is 81.1 cm³/mol. The third-order valence-corrected chi connectivity index (χ3v) is 4.86. The molecule has 1 aliphatic rings. The quantitative estimate of drug-likeness (QED) is 0.797.